The molecule has 66 valence electrons. The number of hydrogen-bond donors (Lipinski definition) is 2. The van der Waals surface area contributed by atoms with E-state index in [1.165, 1.54) is 6.07 Å². The van der Waals surface area contributed by atoms with Crippen LogP contribution >= 0.6 is 0 Å². The topological polar surface area (TPSA) is 46.2 Å². The second-order valence-corrected chi connectivity index (χ2v) is 2.71. The van der Waals surface area contributed by atoms with Crippen LogP contribution in [-0.2, 0) is 6.42 Å². The van der Waals surface area contributed by atoms with Crippen molar-refractivity contribution in [1.29, 1.82) is 0 Å². The van der Waals surface area contributed by atoms with E-state index >= 15 is 0 Å². The molecule has 0 radical (unpaired) electrons. The Bertz CT molecular complexity index is 242. The van der Waals surface area contributed by atoms with Crippen molar-refractivity contribution in [2.45, 2.75) is 12.8 Å². The molecule has 0 unspecified atom stereocenters. The van der Waals surface area contributed by atoms with Gasteiger partial charge in [0, 0.05) is 6.07 Å². The molecule has 12 heavy (non-hydrogen) atoms. The summed E-state index contributed by atoms with van der Waals surface area (Å²) in [7, 11) is 0. The van der Waals surface area contributed by atoms with E-state index in [0.717, 1.165) is 18.1 Å². The van der Waals surface area contributed by atoms with Crippen molar-refractivity contribution in [3.05, 3.63) is 29.6 Å². The summed E-state index contributed by atoms with van der Waals surface area (Å²) in [6.45, 7) is 0.581. The van der Waals surface area contributed by atoms with E-state index in [2.05, 4.69) is 0 Å². The zero-order chi connectivity index (χ0) is 8.97. The summed E-state index contributed by atoms with van der Waals surface area (Å²) >= 11 is 0. The van der Waals surface area contributed by atoms with Gasteiger partial charge >= 0.3 is 0 Å². The quantitative estimate of drug-likeness (QED) is 0.718. The Balaban J connectivity index is 2.72. The lowest BCUT2D eigenvalue weighted by Crippen LogP contribution is -2.00. The number of benzene rings is 1. The second-order valence-electron chi connectivity index (χ2n) is 2.71. The maximum atomic E-state index is 12.7. The molecule has 0 bridgehead atoms. The third kappa shape index (κ3) is 2.51. The number of aromatic hydroxyl groups is 1. The third-order valence-corrected chi connectivity index (χ3v) is 1.61. The molecule has 0 saturated heterocycles. The van der Waals surface area contributed by atoms with Crippen LogP contribution in [0.3, 0.4) is 0 Å². The minimum absolute atomic E-state index is 0.0259. The fraction of sp³-hybridized carbons (Fsp3) is 0.333. The predicted octanol–water partition coefficient (Wildman–Crippen LogP) is 1.42. The molecule has 0 spiro atoms. The van der Waals surface area contributed by atoms with Crippen LogP contribution in [0.4, 0.5) is 4.39 Å². The van der Waals surface area contributed by atoms with Gasteiger partial charge in [0.1, 0.15) is 11.6 Å². The summed E-state index contributed by atoms with van der Waals surface area (Å²) in [6, 6.07) is 4.06. The summed E-state index contributed by atoms with van der Waals surface area (Å²) < 4.78 is 12.7. The lowest BCUT2D eigenvalue weighted by atomic mass is 10.1. The Morgan fingerprint density at radius 1 is 1.33 bits per heavy atom. The van der Waals surface area contributed by atoms with E-state index in [1.807, 2.05) is 0 Å². The molecule has 2 nitrogen and oxygen atoms in total. The number of aryl methyl sites for hydroxylation is 1. The molecule has 1 aromatic carbocycles. The van der Waals surface area contributed by atoms with Gasteiger partial charge in [-0.1, -0.05) is 0 Å². The zero-order valence-corrected chi connectivity index (χ0v) is 6.76. The molecule has 1 rings (SSSR count). The first-order valence-electron chi connectivity index (χ1n) is 3.91. The third-order valence-electron chi connectivity index (χ3n) is 1.61. The molecule has 1 aromatic rings. The monoisotopic (exact) mass is 169 g/mol. The summed E-state index contributed by atoms with van der Waals surface area (Å²) in [4.78, 5) is 0. The average Bonchev–Trinajstić information content (AvgIpc) is 1.99. The maximum absolute atomic E-state index is 12.7. The van der Waals surface area contributed by atoms with Gasteiger partial charge in [0.25, 0.3) is 0 Å². The fourth-order valence-electron chi connectivity index (χ4n) is 1.08. The van der Waals surface area contributed by atoms with Crippen molar-refractivity contribution in [1.82, 2.24) is 0 Å². The van der Waals surface area contributed by atoms with Gasteiger partial charge in [-0.05, 0) is 37.1 Å². The van der Waals surface area contributed by atoms with Crippen LogP contribution in [0.2, 0.25) is 0 Å². The molecular formula is C9H12FNO. The van der Waals surface area contributed by atoms with Crippen LogP contribution in [0.25, 0.3) is 0 Å². The summed E-state index contributed by atoms with van der Waals surface area (Å²) in [6.07, 6.45) is 1.52. The molecular weight excluding hydrogens is 157 g/mol. The number of hydrogen-bond acceptors (Lipinski definition) is 2. The molecule has 0 fully saturated rings. The molecule has 3 heteroatoms. The molecule has 0 aliphatic rings. The van der Waals surface area contributed by atoms with Gasteiger partial charge in [-0.25, -0.2) is 4.39 Å². The SMILES string of the molecule is NCCCc1cc(O)cc(F)c1. The highest BCUT2D eigenvalue weighted by Crippen LogP contribution is 2.15. The highest BCUT2D eigenvalue weighted by atomic mass is 19.1. The first kappa shape index (κ1) is 9.00. The maximum Gasteiger partial charge on any atom is 0.127 e. The van der Waals surface area contributed by atoms with Gasteiger partial charge in [-0.3, -0.25) is 0 Å². The molecule has 0 saturated carbocycles. The van der Waals surface area contributed by atoms with Crippen LogP contribution in [0, 0.1) is 5.82 Å². The molecule has 0 atom stereocenters. The lowest BCUT2D eigenvalue weighted by molar-refractivity contribution is 0.468. The fourth-order valence-corrected chi connectivity index (χ4v) is 1.08. The standard InChI is InChI=1S/C9H12FNO/c10-8-4-7(2-1-3-11)5-9(12)6-8/h4-6,12H,1-3,11H2. The van der Waals surface area contributed by atoms with Gasteiger partial charge in [0.05, 0.1) is 0 Å². The zero-order valence-electron chi connectivity index (χ0n) is 6.76. The van der Waals surface area contributed by atoms with Crippen LogP contribution in [-0.4, -0.2) is 11.7 Å². The van der Waals surface area contributed by atoms with Crippen LogP contribution in [0.1, 0.15) is 12.0 Å². The molecule has 0 aliphatic heterocycles. The van der Waals surface area contributed by atoms with Gasteiger partial charge in [0.2, 0.25) is 0 Å². The molecule has 0 aliphatic carbocycles. The van der Waals surface area contributed by atoms with Gasteiger partial charge < -0.3 is 10.8 Å². The summed E-state index contributed by atoms with van der Waals surface area (Å²) in [5, 5.41) is 9.02. The minimum Gasteiger partial charge on any atom is -0.508 e. The Morgan fingerprint density at radius 2 is 2.08 bits per heavy atom. The smallest absolute Gasteiger partial charge is 0.127 e. The van der Waals surface area contributed by atoms with E-state index < -0.39 is 5.82 Å². The number of rotatable bonds is 3. The van der Waals surface area contributed by atoms with Crippen LogP contribution in [0.5, 0.6) is 5.75 Å². The van der Waals surface area contributed by atoms with Crippen molar-refractivity contribution in [3.8, 4) is 5.75 Å². The van der Waals surface area contributed by atoms with Gasteiger partial charge in [-0.15, -0.1) is 0 Å². The first-order valence-corrected chi connectivity index (χ1v) is 3.91. The molecule has 0 heterocycles. The van der Waals surface area contributed by atoms with Crippen LogP contribution < -0.4 is 5.73 Å². The Kier molecular flexibility index (Phi) is 3.05. The number of nitrogens with two attached hydrogens (primary N) is 1. The van der Waals surface area contributed by atoms with E-state index in [9.17, 15) is 4.39 Å². The van der Waals surface area contributed by atoms with E-state index in [-0.39, 0.29) is 5.75 Å². The highest BCUT2D eigenvalue weighted by molar-refractivity contribution is 5.28. The van der Waals surface area contributed by atoms with Gasteiger partial charge in [0.15, 0.2) is 0 Å². The molecule has 0 aromatic heterocycles. The largest absolute Gasteiger partial charge is 0.508 e. The van der Waals surface area contributed by atoms with E-state index in [0.29, 0.717) is 13.0 Å². The van der Waals surface area contributed by atoms with E-state index in [4.69, 9.17) is 10.8 Å². The van der Waals surface area contributed by atoms with Crippen molar-refractivity contribution in [3.63, 3.8) is 0 Å². The lowest BCUT2D eigenvalue weighted by Gasteiger charge is -2.00. The van der Waals surface area contributed by atoms with Gasteiger partial charge in [-0.2, -0.15) is 0 Å². The Labute approximate surface area is 70.8 Å². The normalized spacial score (nSPS) is 10.2. The predicted molar refractivity (Wildman–Crippen MR) is 45.4 cm³/mol. The minimum atomic E-state index is -0.401. The van der Waals surface area contributed by atoms with Crippen molar-refractivity contribution < 1.29 is 9.50 Å². The van der Waals surface area contributed by atoms with Crippen molar-refractivity contribution >= 4 is 0 Å². The Morgan fingerprint density at radius 3 is 2.67 bits per heavy atom. The molecule has 3 N–H and O–H groups in total. The number of phenols is 1. The second kappa shape index (κ2) is 4.07. The van der Waals surface area contributed by atoms with E-state index in [1.54, 1.807) is 6.07 Å². The molecule has 0 amide bonds. The highest BCUT2D eigenvalue weighted by Gasteiger charge is 1.98. The first-order chi connectivity index (χ1) is 5.72. The number of halogens is 1. The number of phenolic OH excluding ortho intramolecular Hbond substituents is 1. The average molecular weight is 169 g/mol. The summed E-state index contributed by atoms with van der Waals surface area (Å²) in [5.41, 5.74) is 6.09. The van der Waals surface area contributed by atoms with Crippen molar-refractivity contribution in [2.75, 3.05) is 6.54 Å². The summed E-state index contributed by atoms with van der Waals surface area (Å²) in [5.74, 6) is -0.427. The van der Waals surface area contributed by atoms with Crippen molar-refractivity contribution in [2.24, 2.45) is 5.73 Å². The van der Waals surface area contributed by atoms with Crippen LogP contribution in [0.15, 0.2) is 18.2 Å². The Hall–Kier alpha value is -1.09.